The molecule has 1 amide bonds. The Morgan fingerprint density at radius 1 is 1.40 bits per heavy atom. The van der Waals surface area contributed by atoms with E-state index in [2.05, 4.69) is 5.32 Å². The lowest BCUT2D eigenvalue weighted by Crippen LogP contribution is -2.22. The van der Waals surface area contributed by atoms with E-state index in [9.17, 15) is 4.79 Å². The van der Waals surface area contributed by atoms with Crippen LogP contribution >= 0.6 is 0 Å². The molecule has 4 nitrogen and oxygen atoms in total. The molecule has 0 aliphatic carbocycles. The highest BCUT2D eigenvalue weighted by molar-refractivity contribution is 5.79. The van der Waals surface area contributed by atoms with Crippen molar-refractivity contribution in [2.24, 2.45) is 5.73 Å². The Balaban J connectivity index is 2.90. The van der Waals surface area contributed by atoms with Gasteiger partial charge in [0.25, 0.3) is 0 Å². The zero-order valence-electron chi connectivity index (χ0n) is 9.26. The molecule has 0 saturated heterocycles. The topological polar surface area (TPSA) is 64.3 Å². The average Bonchev–Trinajstić information content (AvgIpc) is 2.18. The third kappa shape index (κ3) is 2.87. The average molecular weight is 208 g/mol. The molecule has 0 spiro atoms. The molecule has 0 saturated carbocycles. The lowest BCUT2D eigenvalue weighted by molar-refractivity contribution is -0.116. The zero-order valence-corrected chi connectivity index (χ0v) is 9.26. The molecular formula is C11H16N2O2. The first-order valence-corrected chi connectivity index (χ1v) is 4.72. The predicted molar refractivity (Wildman–Crippen MR) is 60.2 cm³/mol. The monoisotopic (exact) mass is 208 g/mol. The summed E-state index contributed by atoms with van der Waals surface area (Å²) in [4.78, 5) is 10.6. The Morgan fingerprint density at radius 2 is 2.07 bits per heavy atom. The number of hydrogen-bond acceptors (Lipinski definition) is 3. The van der Waals surface area contributed by atoms with Crippen LogP contribution in [0, 0.1) is 13.8 Å². The smallest absolute Gasteiger partial charge is 0.236 e. The number of benzene rings is 1. The zero-order chi connectivity index (χ0) is 11.4. The first-order chi connectivity index (χ1) is 7.04. The van der Waals surface area contributed by atoms with Gasteiger partial charge in [-0.3, -0.25) is 4.79 Å². The van der Waals surface area contributed by atoms with Crippen molar-refractivity contribution in [1.29, 1.82) is 0 Å². The van der Waals surface area contributed by atoms with Crippen molar-refractivity contribution in [3.63, 3.8) is 0 Å². The fourth-order valence-electron chi connectivity index (χ4n) is 1.38. The second-order valence-corrected chi connectivity index (χ2v) is 3.46. The molecule has 15 heavy (non-hydrogen) atoms. The summed E-state index contributed by atoms with van der Waals surface area (Å²) < 4.78 is 5.19. The van der Waals surface area contributed by atoms with E-state index in [0.29, 0.717) is 0 Å². The largest absolute Gasteiger partial charge is 0.496 e. The number of primary amides is 1. The van der Waals surface area contributed by atoms with Crippen LogP contribution in [0.5, 0.6) is 5.75 Å². The molecule has 0 bridgehead atoms. The molecule has 4 heteroatoms. The van der Waals surface area contributed by atoms with E-state index in [-0.39, 0.29) is 12.5 Å². The molecule has 0 unspecified atom stereocenters. The SMILES string of the molecule is COc1cc(C)c(NCC(N)=O)cc1C. The number of rotatable bonds is 4. The van der Waals surface area contributed by atoms with Gasteiger partial charge in [-0.15, -0.1) is 0 Å². The van der Waals surface area contributed by atoms with Gasteiger partial charge < -0.3 is 15.8 Å². The number of carbonyl (C=O) groups is 1. The first kappa shape index (κ1) is 11.4. The van der Waals surface area contributed by atoms with Gasteiger partial charge in [0.2, 0.25) is 5.91 Å². The lowest BCUT2D eigenvalue weighted by atomic mass is 10.1. The van der Waals surface area contributed by atoms with Gasteiger partial charge in [0.05, 0.1) is 13.7 Å². The summed E-state index contributed by atoms with van der Waals surface area (Å²) in [6, 6.07) is 3.87. The Bertz CT molecular complexity index is 375. The normalized spacial score (nSPS) is 9.80. The molecule has 0 heterocycles. The van der Waals surface area contributed by atoms with Gasteiger partial charge >= 0.3 is 0 Å². The van der Waals surface area contributed by atoms with Gasteiger partial charge in [0.1, 0.15) is 5.75 Å². The number of aryl methyl sites for hydroxylation is 2. The van der Waals surface area contributed by atoms with Gasteiger partial charge in [-0.1, -0.05) is 0 Å². The number of hydrogen-bond donors (Lipinski definition) is 2. The second-order valence-electron chi connectivity index (χ2n) is 3.46. The number of ether oxygens (including phenoxy) is 1. The fraction of sp³-hybridized carbons (Fsp3) is 0.364. The highest BCUT2D eigenvalue weighted by Crippen LogP contribution is 2.25. The summed E-state index contributed by atoms with van der Waals surface area (Å²) in [6.07, 6.45) is 0. The Hall–Kier alpha value is -1.71. The minimum Gasteiger partial charge on any atom is -0.496 e. The van der Waals surface area contributed by atoms with Crippen LogP contribution in [0.1, 0.15) is 11.1 Å². The molecule has 1 rings (SSSR count). The van der Waals surface area contributed by atoms with Crippen molar-refractivity contribution in [3.8, 4) is 5.75 Å². The van der Waals surface area contributed by atoms with Gasteiger partial charge in [-0.05, 0) is 37.1 Å². The van der Waals surface area contributed by atoms with E-state index in [1.54, 1.807) is 7.11 Å². The van der Waals surface area contributed by atoms with Crippen LogP contribution in [-0.4, -0.2) is 19.6 Å². The third-order valence-electron chi connectivity index (χ3n) is 2.19. The number of nitrogens with one attached hydrogen (secondary N) is 1. The molecule has 0 aliphatic rings. The highest BCUT2D eigenvalue weighted by atomic mass is 16.5. The van der Waals surface area contributed by atoms with Crippen LogP contribution in [-0.2, 0) is 4.79 Å². The van der Waals surface area contributed by atoms with Crippen LogP contribution in [0.15, 0.2) is 12.1 Å². The molecule has 1 aromatic rings. The summed E-state index contributed by atoms with van der Waals surface area (Å²) in [5, 5.41) is 2.97. The van der Waals surface area contributed by atoms with Crippen molar-refractivity contribution in [3.05, 3.63) is 23.3 Å². The number of amides is 1. The van der Waals surface area contributed by atoms with E-state index in [4.69, 9.17) is 10.5 Å². The van der Waals surface area contributed by atoms with Crippen LogP contribution in [0.3, 0.4) is 0 Å². The number of methoxy groups -OCH3 is 1. The van der Waals surface area contributed by atoms with E-state index in [1.165, 1.54) is 0 Å². The number of anilines is 1. The number of nitrogens with two attached hydrogens (primary N) is 1. The van der Waals surface area contributed by atoms with Gasteiger partial charge in [-0.25, -0.2) is 0 Å². The van der Waals surface area contributed by atoms with E-state index >= 15 is 0 Å². The van der Waals surface area contributed by atoms with Crippen molar-refractivity contribution in [2.45, 2.75) is 13.8 Å². The minimum absolute atomic E-state index is 0.145. The maximum atomic E-state index is 10.6. The van der Waals surface area contributed by atoms with Crippen molar-refractivity contribution >= 4 is 11.6 Å². The molecule has 82 valence electrons. The summed E-state index contributed by atoms with van der Waals surface area (Å²) in [5.74, 6) is 0.472. The van der Waals surface area contributed by atoms with Gasteiger partial charge in [0, 0.05) is 5.69 Å². The summed E-state index contributed by atoms with van der Waals surface area (Å²) in [6.45, 7) is 4.05. The molecule has 0 aromatic heterocycles. The van der Waals surface area contributed by atoms with Crippen LogP contribution in [0.25, 0.3) is 0 Å². The maximum absolute atomic E-state index is 10.6. The minimum atomic E-state index is -0.372. The lowest BCUT2D eigenvalue weighted by Gasteiger charge is -2.12. The summed E-state index contributed by atoms with van der Waals surface area (Å²) in [5.41, 5.74) is 8.02. The van der Waals surface area contributed by atoms with Crippen molar-refractivity contribution in [2.75, 3.05) is 19.0 Å². The molecular weight excluding hydrogens is 192 g/mol. The molecule has 1 aromatic carbocycles. The Morgan fingerprint density at radius 3 is 2.60 bits per heavy atom. The molecule has 0 atom stereocenters. The highest BCUT2D eigenvalue weighted by Gasteiger charge is 2.04. The second kappa shape index (κ2) is 4.68. The van der Waals surface area contributed by atoms with Gasteiger partial charge in [-0.2, -0.15) is 0 Å². The van der Waals surface area contributed by atoms with Crippen LogP contribution in [0.4, 0.5) is 5.69 Å². The number of carbonyl (C=O) groups excluding carboxylic acids is 1. The van der Waals surface area contributed by atoms with Crippen LogP contribution < -0.4 is 15.8 Å². The Labute approximate surface area is 89.4 Å². The maximum Gasteiger partial charge on any atom is 0.236 e. The van der Waals surface area contributed by atoms with E-state index < -0.39 is 0 Å². The van der Waals surface area contributed by atoms with Crippen molar-refractivity contribution in [1.82, 2.24) is 0 Å². The summed E-state index contributed by atoms with van der Waals surface area (Å²) in [7, 11) is 1.64. The Kier molecular flexibility index (Phi) is 3.55. The van der Waals surface area contributed by atoms with E-state index in [0.717, 1.165) is 22.6 Å². The van der Waals surface area contributed by atoms with Crippen molar-refractivity contribution < 1.29 is 9.53 Å². The molecule has 0 fully saturated rings. The van der Waals surface area contributed by atoms with Gasteiger partial charge in [0.15, 0.2) is 0 Å². The summed E-state index contributed by atoms with van der Waals surface area (Å²) >= 11 is 0. The molecule has 0 radical (unpaired) electrons. The fourth-order valence-corrected chi connectivity index (χ4v) is 1.38. The standard InChI is InChI=1S/C11H16N2O2/c1-7-5-10(15-3)8(2)4-9(7)13-6-11(12)14/h4-5,13H,6H2,1-3H3,(H2,12,14). The molecule has 0 aliphatic heterocycles. The quantitative estimate of drug-likeness (QED) is 0.781. The predicted octanol–water partition coefficient (Wildman–Crippen LogP) is 1.21. The molecule has 3 N–H and O–H groups in total. The van der Waals surface area contributed by atoms with E-state index in [1.807, 2.05) is 26.0 Å². The van der Waals surface area contributed by atoms with Crippen LogP contribution in [0.2, 0.25) is 0 Å². The third-order valence-corrected chi connectivity index (χ3v) is 2.19. The first-order valence-electron chi connectivity index (χ1n) is 4.72.